The van der Waals surface area contributed by atoms with Gasteiger partial charge < -0.3 is 16.4 Å². The number of urea groups is 1. The third-order valence-electron chi connectivity index (χ3n) is 3.78. The molecule has 4 nitrogen and oxygen atoms in total. The minimum atomic E-state index is -4.43. The average molecular weight is 301 g/mol. The first-order valence-corrected chi connectivity index (χ1v) is 6.81. The highest BCUT2D eigenvalue weighted by Gasteiger charge is 2.34. The molecule has 0 unspecified atom stereocenters. The van der Waals surface area contributed by atoms with E-state index in [2.05, 4.69) is 10.6 Å². The Bertz CT molecular complexity index is 510. The quantitative estimate of drug-likeness (QED) is 0.803. The van der Waals surface area contributed by atoms with Crippen molar-refractivity contribution in [3.8, 4) is 0 Å². The van der Waals surface area contributed by atoms with Crippen LogP contribution in [0.5, 0.6) is 0 Å². The number of carbonyl (C=O) groups excluding carboxylic acids is 1. The summed E-state index contributed by atoms with van der Waals surface area (Å²) in [6, 6.07) is 4.01. The van der Waals surface area contributed by atoms with E-state index in [0.29, 0.717) is 6.54 Å². The van der Waals surface area contributed by atoms with Crippen LogP contribution >= 0.6 is 0 Å². The molecule has 4 N–H and O–H groups in total. The summed E-state index contributed by atoms with van der Waals surface area (Å²) in [6.07, 6.45) is -0.876. The number of nitrogens with two attached hydrogens (primary N) is 1. The van der Waals surface area contributed by atoms with Gasteiger partial charge in [-0.25, -0.2) is 4.79 Å². The van der Waals surface area contributed by atoms with Gasteiger partial charge in [0, 0.05) is 12.2 Å². The van der Waals surface area contributed by atoms with Gasteiger partial charge in [0.2, 0.25) is 0 Å². The van der Waals surface area contributed by atoms with E-state index in [-0.39, 0.29) is 5.69 Å². The molecule has 1 aromatic rings. The van der Waals surface area contributed by atoms with Crippen LogP contribution in [0, 0.1) is 0 Å². The van der Waals surface area contributed by atoms with Gasteiger partial charge in [-0.1, -0.05) is 18.9 Å². The first kappa shape index (κ1) is 15.6. The van der Waals surface area contributed by atoms with Gasteiger partial charge in [-0.3, -0.25) is 0 Å². The van der Waals surface area contributed by atoms with Crippen molar-refractivity contribution in [2.24, 2.45) is 5.73 Å². The zero-order valence-corrected chi connectivity index (χ0v) is 11.5. The standard InChI is InChI=1S/C14H18F3N3O/c15-14(16,17)10-4-3-5-11(8-10)19-12(21)20-13(9-18)6-1-2-7-13/h3-5,8H,1-2,6-7,9,18H2,(H2,19,20,21). The van der Waals surface area contributed by atoms with Gasteiger partial charge >= 0.3 is 12.2 Å². The van der Waals surface area contributed by atoms with Crippen LogP contribution in [0.1, 0.15) is 31.2 Å². The minimum Gasteiger partial charge on any atom is -0.331 e. The van der Waals surface area contributed by atoms with E-state index in [9.17, 15) is 18.0 Å². The summed E-state index contributed by atoms with van der Waals surface area (Å²) in [6.45, 7) is 0.322. The molecule has 0 radical (unpaired) electrons. The fourth-order valence-corrected chi connectivity index (χ4v) is 2.61. The molecule has 0 heterocycles. The van der Waals surface area contributed by atoms with Gasteiger partial charge in [-0.2, -0.15) is 13.2 Å². The highest BCUT2D eigenvalue weighted by atomic mass is 19.4. The van der Waals surface area contributed by atoms with Crippen molar-refractivity contribution < 1.29 is 18.0 Å². The second-order valence-electron chi connectivity index (χ2n) is 5.35. The molecule has 0 aliphatic heterocycles. The third-order valence-corrected chi connectivity index (χ3v) is 3.78. The summed E-state index contributed by atoms with van der Waals surface area (Å²) in [5.74, 6) is 0. The van der Waals surface area contributed by atoms with Gasteiger partial charge in [0.15, 0.2) is 0 Å². The number of halogens is 3. The molecule has 0 bridgehead atoms. The Hall–Kier alpha value is -1.76. The monoisotopic (exact) mass is 301 g/mol. The van der Waals surface area contributed by atoms with Crippen LogP contribution in [0.4, 0.5) is 23.7 Å². The van der Waals surface area contributed by atoms with Gasteiger partial charge in [-0.05, 0) is 31.0 Å². The predicted molar refractivity (Wildman–Crippen MR) is 73.9 cm³/mol. The zero-order valence-electron chi connectivity index (χ0n) is 11.5. The molecule has 0 aromatic heterocycles. The Kier molecular flexibility index (Phi) is 4.41. The van der Waals surface area contributed by atoms with Crippen molar-refractivity contribution in [2.75, 3.05) is 11.9 Å². The molecule has 2 rings (SSSR count). The normalized spacial score (nSPS) is 17.5. The van der Waals surface area contributed by atoms with E-state index in [4.69, 9.17) is 5.73 Å². The Labute approximate surface area is 120 Å². The lowest BCUT2D eigenvalue weighted by Crippen LogP contribution is -2.53. The van der Waals surface area contributed by atoms with Crippen LogP contribution in [-0.2, 0) is 6.18 Å². The van der Waals surface area contributed by atoms with Crippen LogP contribution in [0.3, 0.4) is 0 Å². The molecule has 2 amide bonds. The molecule has 1 aromatic carbocycles. The summed E-state index contributed by atoms with van der Waals surface area (Å²) in [5, 5.41) is 5.23. The van der Waals surface area contributed by atoms with Crippen LogP contribution in [0.2, 0.25) is 0 Å². The van der Waals surface area contributed by atoms with Gasteiger partial charge in [0.25, 0.3) is 0 Å². The van der Waals surface area contributed by atoms with E-state index < -0.39 is 23.3 Å². The maximum Gasteiger partial charge on any atom is 0.416 e. The third kappa shape index (κ3) is 3.87. The van der Waals surface area contributed by atoms with Crippen molar-refractivity contribution in [3.05, 3.63) is 29.8 Å². The molecule has 1 fully saturated rings. The molecule has 0 spiro atoms. The van der Waals surface area contributed by atoms with Crippen LogP contribution in [0.15, 0.2) is 24.3 Å². The first-order valence-electron chi connectivity index (χ1n) is 6.81. The number of alkyl halides is 3. The fourth-order valence-electron chi connectivity index (χ4n) is 2.61. The van der Waals surface area contributed by atoms with Crippen LogP contribution in [0.25, 0.3) is 0 Å². The van der Waals surface area contributed by atoms with Crippen molar-refractivity contribution in [3.63, 3.8) is 0 Å². The highest BCUT2D eigenvalue weighted by molar-refractivity contribution is 5.89. The maximum atomic E-state index is 12.6. The molecule has 7 heteroatoms. The van der Waals surface area contributed by atoms with E-state index >= 15 is 0 Å². The molecule has 21 heavy (non-hydrogen) atoms. The van der Waals surface area contributed by atoms with Crippen LogP contribution in [-0.4, -0.2) is 18.1 Å². The Balaban J connectivity index is 2.03. The number of benzene rings is 1. The second kappa shape index (κ2) is 5.93. The predicted octanol–water partition coefficient (Wildman–Crippen LogP) is 3.10. The maximum absolute atomic E-state index is 12.6. The van der Waals surface area contributed by atoms with E-state index in [0.717, 1.165) is 37.8 Å². The summed E-state index contributed by atoms with van der Waals surface area (Å²) in [5.41, 5.74) is 4.57. The van der Waals surface area contributed by atoms with Gasteiger partial charge in [0.05, 0.1) is 11.1 Å². The van der Waals surface area contributed by atoms with Crippen molar-refractivity contribution in [1.82, 2.24) is 5.32 Å². The van der Waals surface area contributed by atoms with Crippen LogP contribution < -0.4 is 16.4 Å². The molecule has 1 aliphatic rings. The topological polar surface area (TPSA) is 67.1 Å². The summed E-state index contributed by atoms with van der Waals surface area (Å²) in [7, 11) is 0. The molecular formula is C14H18F3N3O. The molecule has 1 saturated carbocycles. The van der Waals surface area contributed by atoms with Crippen molar-refractivity contribution >= 4 is 11.7 Å². The van der Waals surface area contributed by atoms with E-state index in [1.54, 1.807) is 0 Å². The van der Waals surface area contributed by atoms with E-state index in [1.165, 1.54) is 12.1 Å². The lowest BCUT2D eigenvalue weighted by Gasteiger charge is -2.28. The Morgan fingerprint density at radius 1 is 1.29 bits per heavy atom. The summed E-state index contributed by atoms with van der Waals surface area (Å²) in [4.78, 5) is 11.9. The van der Waals surface area contributed by atoms with Crippen molar-refractivity contribution in [1.29, 1.82) is 0 Å². The zero-order chi connectivity index (χ0) is 15.5. The fraction of sp³-hybridized carbons (Fsp3) is 0.500. The Morgan fingerprint density at radius 2 is 1.95 bits per heavy atom. The smallest absolute Gasteiger partial charge is 0.331 e. The molecule has 0 atom stereocenters. The minimum absolute atomic E-state index is 0.104. The average Bonchev–Trinajstić information content (AvgIpc) is 2.87. The number of anilines is 1. The number of hydrogen-bond acceptors (Lipinski definition) is 2. The number of amides is 2. The summed E-state index contributed by atoms with van der Waals surface area (Å²) < 4.78 is 37.8. The largest absolute Gasteiger partial charge is 0.416 e. The number of nitrogens with one attached hydrogen (secondary N) is 2. The molecule has 0 saturated heterocycles. The summed E-state index contributed by atoms with van der Waals surface area (Å²) >= 11 is 0. The SMILES string of the molecule is NCC1(NC(=O)Nc2cccc(C(F)(F)F)c2)CCCC1. The molecule has 116 valence electrons. The number of hydrogen-bond donors (Lipinski definition) is 3. The lowest BCUT2D eigenvalue weighted by atomic mass is 9.98. The number of carbonyl (C=O) groups is 1. The second-order valence-corrected chi connectivity index (χ2v) is 5.35. The first-order chi connectivity index (χ1) is 9.85. The van der Waals surface area contributed by atoms with Gasteiger partial charge in [0.1, 0.15) is 0 Å². The molecular weight excluding hydrogens is 283 g/mol. The Morgan fingerprint density at radius 3 is 2.52 bits per heavy atom. The highest BCUT2D eigenvalue weighted by Crippen LogP contribution is 2.31. The van der Waals surface area contributed by atoms with E-state index in [1.807, 2.05) is 0 Å². The van der Waals surface area contributed by atoms with Gasteiger partial charge in [-0.15, -0.1) is 0 Å². The molecule has 1 aliphatic carbocycles. The lowest BCUT2D eigenvalue weighted by molar-refractivity contribution is -0.137. The number of rotatable bonds is 3. The van der Waals surface area contributed by atoms with Crippen molar-refractivity contribution in [2.45, 2.75) is 37.4 Å².